The molecule has 1 unspecified atom stereocenters. The summed E-state index contributed by atoms with van der Waals surface area (Å²) in [7, 11) is 0. The standard InChI is InChI=1S/C11H11NS2/c1-2-8(7-12)9-5-3-4-6-10(9)11(13)14/h3-6,8H,2H2,1H3,(H,13,14). The van der Waals surface area contributed by atoms with Gasteiger partial charge in [0, 0.05) is 5.56 Å². The smallest absolute Gasteiger partial charge is 0.0751 e. The molecule has 1 rings (SSSR count). The molecule has 0 aromatic heterocycles. The van der Waals surface area contributed by atoms with Crippen molar-refractivity contribution < 1.29 is 0 Å². The van der Waals surface area contributed by atoms with Gasteiger partial charge >= 0.3 is 0 Å². The minimum atomic E-state index is -0.0868. The summed E-state index contributed by atoms with van der Waals surface area (Å²) in [5.74, 6) is -0.0868. The summed E-state index contributed by atoms with van der Waals surface area (Å²) >= 11 is 9.17. The van der Waals surface area contributed by atoms with Gasteiger partial charge in [0.2, 0.25) is 0 Å². The lowest BCUT2D eigenvalue weighted by Gasteiger charge is -2.11. The summed E-state index contributed by atoms with van der Waals surface area (Å²) < 4.78 is 0.550. The van der Waals surface area contributed by atoms with Gasteiger partial charge in [-0.15, -0.1) is 12.6 Å². The maximum atomic E-state index is 8.97. The second-order valence-electron chi connectivity index (χ2n) is 2.98. The van der Waals surface area contributed by atoms with Crippen molar-refractivity contribution in [3.05, 3.63) is 35.4 Å². The molecule has 0 amide bonds. The zero-order valence-corrected chi connectivity index (χ0v) is 9.61. The van der Waals surface area contributed by atoms with Gasteiger partial charge in [-0.05, 0) is 12.0 Å². The predicted octanol–water partition coefficient (Wildman–Crippen LogP) is 3.31. The van der Waals surface area contributed by atoms with Crippen molar-refractivity contribution in [2.75, 3.05) is 0 Å². The fraction of sp³-hybridized carbons (Fsp3) is 0.273. The number of hydrogen-bond donors (Lipinski definition) is 1. The van der Waals surface area contributed by atoms with Gasteiger partial charge in [-0.25, -0.2) is 0 Å². The van der Waals surface area contributed by atoms with Crippen molar-refractivity contribution >= 4 is 29.0 Å². The first-order chi connectivity index (χ1) is 6.70. The second-order valence-corrected chi connectivity index (χ2v) is 4.14. The van der Waals surface area contributed by atoms with Gasteiger partial charge in [0.1, 0.15) is 0 Å². The van der Waals surface area contributed by atoms with Gasteiger partial charge in [-0.2, -0.15) is 5.26 Å². The Kier molecular flexibility index (Phi) is 4.12. The van der Waals surface area contributed by atoms with E-state index in [1.54, 1.807) is 0 Å². The Labute approximate surface area is 95.2 Å². The van der Waals surface area contributed by atoms with E-state index in [9.17, 15) is 0 Å². The van der Waals surface area contributed by atoms with Crippen LogP contribution in [0, 0.1) is 11.3 Å². The van der Waals surface area contributed by atoms with E-state index in [1.165, 1.54) is 0 Å². The third kappa shape index (κ3) is 2.34. The molecule has 0 bridgehead atoms. The van der Waals surface area contributed by atoms with Crippen LogP contribution in [0.15, 0.2) is 24.3 Å². The van der Waals surface area contributed by atoms with E-state index in [4.69, 9.17) is 17.5 Å². The first-order valence-corrected chi connectivity index (χ1v) is 5.28. The molecule has 0 saturated carbocycles. The maximum absolute atomic E-state index is 8.97. The van der Waals surface area contributed by atoms with Crippen LogP contribution in [0.1, 0.15) is 30.4 Å². The lowest BCUT2D eigenvalue weighted by Crippen LogP contribution is -2.01. The van der Waals surface area contributed by atoms with E-state index in [2.05, 4.69) is 18.7 Å². The van der Waals surface area contributed by atoms with E-state index in [0.29, 0.717) is 4.20 Å². The molecule has 1 nitrogen and oxygen atoms in total. The minimum absolute atomic E-state index is 0.0868. The molecule has 1 aromatic carbocycles. The molecule has 0 aliphatic rings. The minimum Gasteiger partial charge on any atom is -0.198 e. The molecule has 3 heteroatoms. The highest BCUT2D eigenvalue weighted by atomic mass is 32.1. The van der Waals surface area contributed by atoms with E-state index < -0.39 is 0 Å². The van der Waals surface area contributed by atoms with Gasteiger partial charge in [-0.3, -0.25) is 0 Å². The van der Waals surface area contributed by atoms with Gasteiger partial charge < -0.3 is 0 Å². The van der Waals surface area contributed by atoms with Gasteiger partial charge in [-0.1, -0.05) is 43.4 Å². The van der Waals surface area contributed by atoms with Crippen molar-refractivity contribution in [3.8, 4) is 6.07 Å². The van der Waals surface area contributed by atoms with Crippen molar-refractivity contribution in [1.29, 1.82) is 5.26 Å². The zero-order valence-electron chi connectivity index (χ0n) is 7.90. The van der Waals surface area contributed by atoms with Gasteiger partial charge in [0.25, 0.3) is 0 Å². The third-order valence-electron chi connectivity index (χ3n) is 2.13. The highest BCUT2D eigenvalue weighted by Gasteiger charge is 2.13. The molecule has 14 heavy (non-hydrogen) atoms. The number of hydrogen-bond acceptors (Lipinski definition) is 2. The summed E-state index contributed by atoms with van der Waals surface area (Å²) in [4.78, 5) is 0. The number of thiol groups is 1. The van der Waals surface area contributed by atoms with Crippen molar-refractivity contribution in [2.24, 2.45) is 0 Å². The van der Waals surface area contributed by atoms with Gasteiger partial charge in [0.15, 0.2) is 0 Å². The SMILES string of the molecule is CCC(C#N)c1ccccc1C(=S)S. The third-order valence-corrected chi connectivity index (χ3v) is 2.59. The molecule has 0 aliphatic carbocycles. The Hall–Kier alpha value is -0.850. The van der Waals surface area contributed by atoms with Crippen LogP contribution < -0.4 is 0 Å². The number of nitriles is 1. The van der Waals surface area contributed by atoms with Gasteiger partial charge in [0.05, 0.1) is 16.2 Å². The molecule has 72 valence electrons. The quantitative estimate of drug-likeness (QED) is 0.625. The van der Waals surface area contributed by atoms with Crippen molar-refractivity contribution in [2.45, 2.75) is 19.3 Å². The topological polar surface area (TPSA) is 23.8 Å². The highest BCUT2D eigenvalue weighted by Crippen LogP contribution is 2.23. The zero-order chi connectivity index (χ0) is 10.6. The molecule has 0 aliphatic heterocycles. The Morgan fingerprint density at radius 3 is 2.71 bits per heavy atom. The lowest BCUT2D eigenvalue weighted by atomic mass is 9.94. The Morgan fingerprint density at radius 2 is 2.21 bits per heavy atom. The summed E-state index contributed by atoms with van der Waals surface area (Å²) in [6.45, 7) is 1.99. The Balaban J connectivity index is 3.20. The van der Waals surface area contributed by atoms with Crippen LogP contribution in [0.2, 0.25) is 0 Å². The van der Waals surface area contributed by atoms with Crippen molar-refractivity contribution in [1.82, 2.24) is 0 Å². The van der Waals surface area contributed by atoms with E-state index >= 15 is 0 Å². The largest absolute Gasteiger partial charge is 0.198 e. The van der Waals surface area contributed by atoms with E-state index in [-0.39, 0.29) is 5.92 Å². The Morgan fingerprint density at radius 1 is 1.57 bits per heavy atom. The Bertz CT molecular complexity index is 379. The molecule has 0 radical (unpaired) electrons. The van der Waals surface area contributed by atoms with Crippen LogP contribution in [0.4, 0.5) is 0 Å². The van der Waals surface area contributed by atoms with Crippen molar-refractivity contribution in [3.63, 3.8) is 0 Å². The monoisotopic (exact) mass is 221 g/mol. The van der Waals surface area contributed by atoms with Crippen LogP contribution >= 0.6 is 24.8 Å². The maximum Gasteiger partial charge on any atom is 0.0751 e. The summed E-state index contributed by atoms with van der Waals surface area (Å²) in [5.41, 5.74) is 1.89. The van der Waals surface area contributed by atoms with Crippen LogP contribution in [0.25, 0.3) is 0 Å². The average Bonchev–Trinajstić information content (AvgIpc) is 2.20. The number of benzene rings is 1. The number of nitrogens with zero attached hydrogens (tertiary/aromatic N) is 1. The van der Waals surface area contributed by atoms with Crippen LogP contribution in [0.5, 0.6) is 0 Å². The fourth-order valence-corrected chi connectivity index (χ4v) is 1.77. The molecule has 0 saturated heterocycles. The summed E-state index contributed by atoms with van der Waals surface area (Å²) in [6, 6.07) is 9.95. The van der Waals surface area contributed by atoms with Crippen LogP contribution in [0.3, 0.4) is 0 Å². The number of thiocarbonyl (C=S) groups is 1. The molecule has 1 aromatic rings. The first kappa shape index (κ1) is 11.2. The fourth-order valence-electron chi connectivity index (χ4n) is 1.38. The average molecular weight is 221 g/mol. The molecular weight excluding hydrogens is 210 g/mol. The summed E-state index contributed by atoms with van der Waals surface area (Å²) in [6.07, 6.45) is 0.796. The summed E-state index contributed by atoms with van der Waals surface area (Å²) in [5, 5.41) is 8.97. The van der Waals surface area contributed by atoms with Crippen LogP contribution in [-0.2, 0) is 0 Å². The number of rotatable bonds is 3. The molecule has 0 fully saturated rings. The second kappa shape index (κ2) is 5.14. The normalized spacial score (nSPS) is 11.8. The first-order valence-electron chi connectivity index (χ1n) is 4.42. The van der Waals surface area contributed by atoms with E-state index in [0.717, 1.165) is 17.5 Å². The molecule has 0 spiro atoms. The predicted molar refractivity (Wildman–Crippen MR) is 65.8 cm³/mol. The molecular formula is C11H11NS2. The van der Waals surface area contributed by atoms with E-state index in [1.807, 2.05) is 31.2 Å². The molecule has 0 N–H and O–H groups in total. The lowest BCUT2D eigenvalue weighted by molar-refractivity contribution is 0.817. The molecule has 1 atom stereocenters. The highest BCUT2D eigenvalue weighted by molar-refractivity contribution is 8.11. The van der Waals surface area contributed by atoms with Crippen LogP contribution in [-0.4, -0.2) is 4.20 Å². The molecule has 0 heterocycles.